The second-order valence-electron chi connectivity index (χ2n) is 2.24. The Bertz CT molecular complexity index is 221. The van der Waals surface area contributed by atoms with Gasteiger partial charge in [-0.15, -0.1) is 0 Å². The average Bonchev–Trinajstić information content (AvgIpc) is 2.13. The first-order valence-electron chi connectivity index (χ1n) is 3.01. The van der Waals surface area contributed by atoms with Crippen molar-refractivity contribution in [2.24, 2.45) is 0 Å². The highest BCUT2D eigenvalue weighted by Crippen LogP contribution is 2.16. The van der Waals surface area contributed by atoms with Gasteiger partial charge in [-0.2, -0.15) is 0 Å². The molecule has 1 atom stereocenters. The van der Waals surface area contributed by atoms with Crippen LogP contribution in [0.4, 0.5) is 0 Å². The van der Waals surface area contributed by atoms with Crippen LogP contribution in [0.3, 0.4) is 0 Å². The molecule has 1 N–H and O–H groups in total. The van der Waals surface area contributed by atoms with Crippen molar-refractivity contribution < 1.29 is 13.2 Å². The zero-order chi connectivity index (χ0) is 7.61. The minimum atomic E-state index is -3.02. The zero-order valence-electron chi connectivity index (χ0n) is 5.33. The van der Waals surface area contributed by atoms with Crippen molar-refractivity contribution in [3.63, 3.8) is 0 Å². The van der Waals surface area contributed by atoms with Crippen molar-refractivity contribution in [1.29, 1.82) is 0 Å². The Balaban J connectivity index is 2.69. The molecule has 1 rings (SSSR count). The minimum Gasteiger partial charge on any atom is -0.331 e. The van der Waals surface area contributed by atoms with Gasteiger partial charge in [-0.25, -0.2) is 8.42 Å². The molecule has 1 aliphatic rings. The summed E-state index contributed by atoms with van der Waals surface area (Å²) in [7, 11) is -3.02. The smallest absolute Gasteiger partial charge is 0.310 e. The third-order valence-corrected chi connectivity index (χ3v) is 3.63. The Morgan fingerprint density at radius 2 is 2.20 bits per heavy atom. The number of sulfone groups is 1. The van der Waals surface area contributed by atoms with E-state index in [1.54, 1.807) is 0 Å². The van der Waals surface area contributed by atoms with Crippen LogP contribution in [0.25, 0.3) is 0 Å². The highest BCUT2D eigenvalue weighted by atomic mass is 32.2. The number of rotatable bonds is 2. The quantitative estimate of drug-likeness (QED) is 0.539. The second kappa shape index (κ2) is 2.57. The van der Waals surface area contributed by atoms with E-state index in [0.29, 0.717) is 12.8 Å². The summed E-state index contributed by atoms with van der Waals surface area (Å²) in [5.74, 6) is 0.187. The van der Waals surface area contributed by atoms with Gasteiger partial charge < -0.3 is 5.32 Å². The molecule has 1 fully saturated rings. The van der Waals surface area contributed by atoms with E-state index in [0.717, 1.165) is 0 Å². The van der Waals surface area contributed by atoms with Crippen LogP contribution in [-0.4, -0.2) is 26.0 Å². The molecule has 0 aromatic carbocycles. The summed E-state index contributed by atoms with van der Waals surface area (Å²) in [6.45, 7) is 0. The Morgan fingerprint density at radius 3 is 2.60 bits per heavy atom. The fourth-order valence-electron chi connectivity index (χ4n) is 1.02. The molecule has 1 unspecified atom stereocenters. The van der Waals surface area contributed by atoms with Crippen molar-refractivity contribution in [3.8, 4) is 0 Å². The molecule has 1 amide bonds. The van der Waals surface area contributed by atoms with Crippen LogP contribution in [0, 0.1) is 0 Å². The van der Waals surface area contributed by atoms with Gasteiger partial charge in [-0.1, -0.05) is 0 Å². The minimum absolute atomic E-state index is 0.187. The lowest BCUT2D eigenvalue weighted by Gasteiger charge is -2.04. The first kappa shape index (κ1) is 7.53. The summed E-state index contributed by atoms with van der Waals surface area (Å²) in [6.07, 6.45) is 2.55. The monoisotopic (exact) mass is 162 g/mol. The van der Waals surface area contributed by atoms with Crippen LogP contribution in [0.15, 0.2) is 0 Å². The molecule has 0 spiro atoms. The molecule has 5 heteroatoms. The highest BCUT2D eigenvalue weighted by Gasteiger charge is 2.30. The van der Waals surface area contributed by atoms with Gasteiger partial charge in [0.25, 0.3) is 0 Å². The number of carbonyl (C=O) groups excluding carboxylic acids is 1. The molecule has 0 aromatic heterocycles. The van der Waals surface area contributed by atoms with Crippen LogP contribution in [0.5, 0.6) is 0 Å². The molecule has 1 radical (unpaired) electrons. The van der Waals surface area contributed by atoms with Crippen LogP contribution in [0.2, 0.25) is 0 Å². The largest absolute Gasteiger partial charge is 0.331 e. The fraction of sp³-hybridized carbons (Fsp3) is 0.800. The maximum Gasteiger partial charge on any atom is 0.310 e. The van der Waals surface area contributed by atoms with E-state index in [-0.39, 0.29) is 5.75 Å². The van der Waals surface area contributed by atoms with E-state index in [4.69, 9.17) is 0 Å². The first-order chi connectivity index (χ1) is 4.67. The van der Waals surface area contributed by atoms with E-state index in [1.165, 1.54) is 6.41 Å². The van der Waals surface area contributed by atoms with Gasteiger partial charge in [-0.3, -0.25) is 4.79 Å². The maximum absolute atomic E-state index is 10.9. The molecular formula is C5H8NO3S. The summed E-state index contributed by atoms with van der Waals surface area (Å²) < 4.78 is 21.8. The molecule has 1 heterocycles. The van der Waals surface area contributed by atoms with Gasteiger partial charge in [0, 0.05) is 0 Å². The van der Waals surface area contributed by atoms with Crippen molar-refractivity contribution in [1.82, 2.24) is 5.32 Å². The van der Waals surface area contributed by atoms with E-state index < -0.39 is 15.2 Å². The maximum atomic E-state index is 10.9. The molecule has 1 aliphatic heterocycles. The van der Waals surface area contributed by atoms with Gasteiger partial charge in [0.05, 0.1) is 5.75 Å². The number of hydrogen-bond acceptors (Lipinski definition) is 3. The molecule has 57 valence electrons. The van der Waals surface area contributed by atoms with Crippen LogP contribution < -0.4 is 5.32 Å². The van der Waals surface area contributed by atoms with Gasteiger partial charge >= 0.3 is 6.41 Å². The molecule has 1 saturated heterocycles. The van der Waals surface area contributed by atoms with Crippen molar-refractivity contribution in [2.75, 3.05) is 5.75 Å². The predicted octanol–water partition coefficient (Wildman–Crippen LogP) is -0.822. The SMILES string of the molecule is O=[C]NC1CCCS1(=O)=O. The first-order valence-corrected chi connectivity index (χ1v) is 4.72. The van der Waals surface area contributed by atoms with E-state index in [2.05, 4.69) is 5.32 Å². The zero-order valence-corrected chi connectivity index (χ0v) is 6.15. The fourth-order valence-corrected chi connectivity index (χ4v) is 2.63. The van der Waals surface area contributed by atoms with Crippen molar-refractivity contribution in [2.45, 2.75) is 18.2 Å². The van der Waals surface area contributed by atoms with Gasteiger partial charge in [0.2, 0.25) is 0 Å². The Kier molecular flexibility index (Phi) is 1.94. The van der Waals surface area contributed by atoms with Gasteiger partial charge in [0.15, 0.2) is 9.84 Å². The standard InChI is InChI=1S/C5H8NO3S/c7-4-6-5-2-1-3-10(5,8)9/h5H,1-3H2,(H,6,7). The van der Waals surface area contributed by atoms with Crippen LogP contribution >= 0.6 is 0 Å². The lowest BCUT2D eigenvalue weighted by Crippen LogP contribution is -2.31. The lowest BCUT2D eigenvalue weighted by atomic mass is 10.3. The summed E-state index contributed by atoms with van der Waals surface area (Å²) in [5.41, 5.74) is 0. The van der Waals surface area contributed by atoms with E-state index in [9.17, 15) is 13.2 Å². The predicted molar refractivity (Wildman–Crippen MR) is 35.6 cm³/mol. The number of nitrogens with one attached hydrogen (secondary N) is 1. The summed E-state index contributed by atoms with van der Waals surface area (Å²) in [6, 6.07) is 0. The molecule has 0 aromatic rings. The topological polar surface area (TPSA) is 63.2 Å². The Labute approximate surface area is 59.5 Å². The Morgan fingerprint density at radius 1 is 1.50 bits per heavy atom. The van der Waals surface area contributed by atoms with Gasteiger partial charge in [0.1, 0.15) is 5.37 Å². The molecule has 0 bridgehead atoms. The molecular weight excluding hydrogens is 154 g/mol. The third kappa shape index (κ3) is 1.29. The van der Waals surface area contributed by atoms with Gasteiger partial charge in [-0.05, 0) is 12.8 Å². The number of hydrogen-bond donors (Lipinski definition) is 1. The summed E-state index contributed by atoms with van der Waals surface area (Å²) >= 11 is 0. The molecule has 0 saturated carbocycles. The lowest BCUT2D eigenvalue weighted by molar-refractivity contribution is 0.530. The van der Waals surface area contributed by atoms with Crippen molar-refractivity contribution >= 4 is 16.2 Å². The highest BCUT2D eigenvalue weighted by molar-refractivity contribution is 7.92. The third-order valence-electron chi connectivity index (χ3n) is 1.55. The summed E-state index contributed by atoms with van der Waals surface area (Å²) in [5, 5.41) is 1.47. The van der Waals surface area contributed by atoms with E-state index >= 15 is 0 Å². The van der Waals surface area contributed by atoms with Crippen molar-refractivity contribution in [3.05, 3.63) is 0 Å². The molecule has 10 heavy (non-hydrogen) atoms. The Hall–Kier alpha value is -0.580. The molecule has 0 aliphatic carbocycles. The summed E-state index contributed by atoms with van der Waals surface area (Å²) in [4.78, 5) is 9.75. The van der Waals surface area contributed by atoms with Crippen LogP contribution in [-0.2, 0) is 14.6 Å². The van der Waals surface area contributed by atoms with E-state index in [1.807, 2.05) is 0 Å². The van der Waals surface area contributed by atoms with Crippen LogP contribution in [0.1, 0.15) is 12.8 Å². The number of amides is 1. The second-order valence-corrected chi connectivity index (χ2v) is 4.55. The average molecular weight is 162 g/mol. The normalized spacial score (nSPS) is 29.8. The molecule has 4 nitrogen and oxygen atoms in total.